The van der Waals surface area contributed by atoms with Gasteiger partial charge in [-0.2, -0.15) is 0 Å². The van der Waals surface area contributed by atoms with Crippen LogP contribution in [0, 0.1) is 5.82 Å². The molecular weight excluding hydrogens is 319 g/mol. The van der Waals surface area contributed by atoms with E-state index in [-0.39, 0.29) is 5.82 Å². The molecule has 0 amide bonds. The molecule has 0 bridgehead atoms. The number of hydrogen-bond donors (Lipinski definition) is 1. The van der Waals surface area contributed by atoms with Gasteiger partial charge in [-0.25, -0.2) is 4.39 Å². The molecule has 0 fully saturated rings. The zero-order valence-electron chi connectivity index (χ0n) is 9.41. The lowest BCUT2D eigenvalue weighted by Crippen LogP contribution is -2.02. The summed E-state index contributed by atoms with van der Waals surface area (Å²) in [7, 11) is 0. The molecule has 2 rings (SSSR count). The first-order chi connectivity index (χ1) is 8.58. The summed E-state index contributed by atoms with van der Waals surface area (Å²) in [6.45, 7) is 0. The van der Waals surface area contributed by atoms with Gasteiger partial charge in [0.1, 0.15) is 5.82 Å². The molecule has 2 aromatic rings. The second kappa shape index (κ2) is 5.83. The predicted octanol–water partition coefficient (Wildman–Crippen LogP) is 4.52. The van der Waals surface area contributed by atoms with Gasteiger partial charge < -0.3 is 5.11 Å². The summed E-state index contributed by atoms with van der Waals surface area (Å²) >= 11 is 8.97. The van der Waals surface area contributed by atoms with E-state index in [0.29, 0.717) is 15.9 Å². The zero-order valence-corrected chi connectivity index (χ0v) is 11.7. The molecular formula is C14H11BrClFO. The number of aliphatic hydroxyl groups excluding tert-OH is 1. The minimum Gasteiger partial charge on any atom is -0.388 e. The van der Waals surface area contributed by atoms with E-state index in [1.807, 2.05) is 0 Å². The Labute approximate surface area is 118 Å². The topological polar surface area (TPSA) is 20.2 Å². The van der Waals surface area contributed by atoms with Gasteiger partial charge in [-0.15, -0.1) is 0 Å². The van der Waals surface area contributed by atoms with E-state index in [4.69, 9.17) is 11.6 Å². The van der Waals surface area contributed by atoms with Gasteiger partial charge in [0.25, 0.3) is 0 Å². The third kappa shape index (κ3) is 3.10. The average Bonchev–Trinajstić information content (AvgIpc) is 2.36. The smallest absolute Gasteiger partial charge is 0.137 e. The molecule has 1 nitrogen and oxygen atoms in total. The molecule has 94 valence electrons. The maximum Gasteiger partial charge on any atom is 0.137 e. The maximum atomic E-state index is 13.3. The van der Waals surface area contributed by atoms with E-state index >= 15 is 0 Å². The van der Waals surface area contributed by atoms with Crippen molar-refractivity contribution in [1.29, 1.82) is 0 Å². The Morgan fingerprint density at radius 3 is 2.50 bits per heavy atom. The molecule has 0 saturated carbocycles. The van der Waals surface area contributed by atoms with E-state index in [9.17, 15) is 9.50 Å². The number of halogens is 3. The van der Waals surface area contributed by atoms with Crippen molar-refractivity contribution in [2.24, 2.45) is 0 Å². The molecule has 0 aliphatic rings. The Kier molecular flexibility index (Phi) is 4.38. The van der Waals surface area contributed by atoms with Crippen molar-refractivity contribution in [3.05, 3.63) is 68.9 Å². The molecule has 4 heteroatoms. The summed E-state index contributed by atoms with van der Waals surface area (Å²) in [6, 6.07) is 11.8. The fourth-order valence-electron chi connectivity index (χ4n) is 1.72. The largest absolute Gasteiger partial charge is 0.388 e. The van der Waals surface area contributed by atoms with Crippen molar-refractivity contribution < 1.29 is 9.50 Å². The van der Waals surface area contributed by atoms with Gasteiger partial charge in [0, 0.05) is 11.4 Å². The molecule has 1 N–H and O–H groups in total. The van der Waals surface area contributed by atoms with Gasteiger partial charge in [0.15, 0.2) is 0 Å². The molecule has 0 aliphatic heterocycles. The average molecular weight is 330 g/mol. The van der Waals surface area contributed by atoms with E-state index in [1.165, 1.54) is 6.07 Å². The van der Waals surface area contributed by atoms with Crippen molar-refractivity contribution in [1.82, 2.24) is 0 Å². The van der Waals surface area contributed by atoms with Crippen molar-refractivity contribution in [2.75, 3.05) is 0 Å². The first kappa shape index (κ1) is 13.5. The Morgan fingerprint density at radius 1 is 1.17 bits per heavy atom. The summed E-state index contributed by atoms with van der Waals surface area (Å²) in [4.78, 5) is 0. The van der Waals surface area contributed by atoms with E-state index in [0.717, 1.165) is 11.1 Å². The van der Waals surface area contributed by atoms with Crippen molar-refractivity contribution >= 4 is 27.5 Å². The Balaban J connectivity index is 2.18. The first-order valence-corrected chi connectivity index (χ1v) is 6.61. The predicted molar refractivity (Wildman–Crippen MR) is 74.2 cm³/mol. The highest BCUT2D eigenvalue weighted by atomic mass is 79.9. The molecule has 0 heterocycles. The van der Waals surface area contributed by atoms with Crippen LogP contribution in [0.3, 0.4) is 0 Å². The summed E-state index contributed by atoms with van der Waals surface area (Å²) in [5, 5.41) is 10.7. The standard InChI is InChI=1S/C14H11BrClFO/c15-14-10(2-1-3-12(14)17)8-13(18)9-4-6-11(16)7-5-9/h1-7,13,18H,8H2. The second-order valence-corrected chi connectivity index (χ2v) is 5.21. The summed E-state index contributed by atoms with van der Waals surface area (Å²) in [5.74, 6) is -0.323. The first-order valence-electron chi connectivity index (χ1n) is 5.44. The molecule has 1 unspecified atom stereocenters. The van der Waals surface area contributed by atoms with Gasteiger partial charge in [0.2, 0.25) is 0 Å². The van der Waals surface area contributed by atoms with E-state index < -0.39 is 6.10 Å². The minimum atomic E-state index is -0.680. The summed E-state index contributed by atoms with van der Waals surface area (Å²) in [6.07, 6.45) is -0.333. The van der Waals surface area contributed by atoms with Gasteiger partial charge in [-0.1, -0.05) is 35.9 Å². The van der Waals surface area contributed by atoms with E-state index in [2.05, 4.69) is 15.9 Å². The second-order valence-electron chi connectivity index (χ2n) is 3.98. The van der Waals surface area contributed by atoms with Crippen LogP contribution in [-0.4, -0.2) is 5.11 Å². The van der Waals surface area contributed by atoms with Crippen LogP contribution in [0.2, 0.25) is 5.02 Å². The zero-order chi connectivity index (χ0) is 13.1. The normalized spacial score (nSPS) is 12.4. The van der Waals surface area contributed by atoms with Crippen LogP contribution in [0.15, 0.2) is 46.9 Å². The lowest BCUT2D eigenvalue weighted by molar-refractivity contribution is 0.178. The van der Waals surface area contributed by atoms with Crippen molar-refractivity contribution in [3.63, 3.8) is 0 Å². The molecule has 1 atom stereocenters. The Bertz CT molecular complexity index is 542. The highest BCUT2D eigenvalue weighted by Crippen LogP contribution is 2.26. The van der Waals surface area contributed by atoms with Crippen molar-refractivity contribution in [3.8, 4) is 0 Å². The molecule has 0 radical (unpaired) electrons. The van der Waals surface area contributed by atoms with Gasteiger partial charge in [-0.05, 0) is 45.3 Å². The monoisotopic (exact) mass is 328 g/mol. The highest BCUT2D eigenvalue weighted by molar-refractivity contribution is 9.10. The van der Waals surface area contributed by atoms with Gasteiger partial charge >= 0.3 is 0 Å². The third-order valence-corrected chi connectivity index (χ3v) is 3.84. The van der Waals surface area contributed by atoms with Crippen LogP contribution < -0.4 is 0 Å². The van der Waals surface area contributed by atoms with E-state index in [1.54, 1.807) is 36.4 Å². The van der Waals surface area contributed by atoms with Crippen LogP contribution >= 0.6 is 27.5 Å². The van der Waals surface area contributed by atoms with Gasteiger partial charge in [0.05, 0.1) is 10.6 Å². The van der Waals surface area contributed by atoms with Crippen LogP contribution in [-0.2, 0) is 6.42 Å². The van der Waals surface area contributed by atoms with Crippen LogP contribution in [0.4, 0.5) is 4.39 Å². The van der Waals surface area contributed by atoms with Crippen LogP contribution in [0.25, 0.3) is 0 Å². The molecule has 0 aromatic heterocycles. The number of hydrogen-bond acceptors (Lipinski definition) is 1. The lowest BCUT2D eigenvalue weighted by atomic mass is 10.0. The van der Waals surface area contributed by atoms with Gasteiger partial charge in [-0.3, -0.25) is 0 Å². The molecule has 0 aliphatic carbocycles. The minimum absolute atomic E-state index is 0.323. The summed E-state index contributed by atoms with van der Waals surface area (Å²) in [5.41, 5.74) is 1.49. The lowest BCUT2D eigenvalue weighted by Gasteiger charge is -2.12. The Morgan fingerprint density at radius 2 is 1.83 bits per heavy atom. The molecule has 18 heavy (non-hydrogen) atoms. The SMILES string of the molecule is OC(Cc1cccc(F)c1Br)c1ccc(Cl)cc1. The quantitative estimate of drug-likeness (QED) is 0.878. The van der Waals surface area contributed by atoms with Crippen molar-refractivity contribution in [2.45, 2.75) is 12.5 Å². The highest BCUT2D eigenvalue weighted by Gasteiger charge is 2.12. The fraction of sp³-hybridized carbons (Fsp3) is 0.143. The third-order valence-electron chi connectivity index (χ3n) is 2.70. The molecule has 2 aromatic carbocycles. The summed E-state index contributed by atoms with van der Waals surface area (Å²) < 4.78 is 13.7. The maximum absolute atomic E-state index is 13.3. The fourth-order valence-corrected chi connectivity index (χ4v) is 2.27. The molecule has 0 saturated heterocycles. The number of rotatable bonds is 3. The molecule has 0 spiro atoms. The number of aliphatic hydroxyl groups is 1. The van der Waals surface area contributed by atoms with Crippen LogP contribution in [0.5, 0.6) is 0 Å². The number of benzene rings is 2. The van der Waals surface area contributed by atoms with Crippen LogP contribution in [0.1, 0.15) is 17.2 Å². The Hall–Kier alpha value is -0.900.